The van der Waals surface area contributed by atoms with E-state index in [4.69, 9.17) is 21.9 Å². The number of nitrogens with zero attached hydrogens (tertiary/aromatic N) is 2. The van der Waals surface area contributed by atoms with Gasteiger partial charge in [-0.15, -0.1) is 0 Å². The van der Waals surface area contributed by atoms with Crippen molar-refractivity contribution < 1.29 is 4.42 Å². The van der Waals surface area contributed by atoms with Crippen molar-refractivity contribution in [3.8, 4) is 0 Å². The lowest BCUT2D eigenvalue weighted by Gasteiger charge is -2.11. The maximum atomic E-state index is 5.71. The molecule has 0 aliphatic rings. The van der Waals surface area contributed by atoms with Crippen molar-refractivity contribution in [2.24, 2.45) is 12.9 Å². The third-order valence-corrected chi connectivity index (χ3v) is 2.52. The molecule has 5 nitrogen and oxygen atoms in total. The van der Waals surface area contributed by atoms with Gasteiger partial charge in [-0.2, -0.15) is 5.10 Å². The first-order chi connectivity index (χ1) is 7.69. The highest BCUT2D eigenvalue weighted by Gasteiger charge is 2.15. The summed E-state index contributed by atoms with van der Waals surface area (Å²) in [5.41, 5.74) is 3.63. The highest BCUT2D eigenvalue weighted by molar-refractivity contribution is 6.28. The molecule has 1 unspecified atom stereocenters. The highest BCUT2D eigenvalue weighted by Crippen LogP contribution is 2.21. The molecule has 0 aliphatic heterocycles. The largest absolute Gasteiger partial charge is 0.448 e. The summed E-state index contributed by atoms with van der Waals surface area (Å²) < 4.78 is 7.05. The Balaban J connectivity index is 2.12. The molecular weight excluding hydrogens is 228 g/mol. The van der Waals surface area contributed by atoms with E-state index in [9.17, 15) is 0 Å². The zero-order valence-corrected chi connectivity index (χ0v) is 9.61. The van der Waals surface area contributed by atoms with Crippen LogP contribution in [0.2, 0.25) is 5.22 Å². The minimum Gasteiger partial charge on any atom is -0.448 e. The maximum Gasteiger partial charge on any atom is 0.193 e. The van der Waals surface area contributed by atoms with Gasteiger partial charge in [-0.25, -0.2) is 5.43 Å². The lowest BCUT2D eigenvalue weighted by atomic mass is 10.1. The Morgan fingerprint density at radius 3 is 2.88 bits per heavy atom. The summed E-state index contributed by atoms with van der Waals surface area (Å²) >= 11 is 5.71. The molecule has 16 heavy (non-hydrogen) atoms. The summed E-state index contributed by atoms with van der Waals surface area (Å²) in [6.07, 6.45) is 2.54. The van der Waals surface area contributed by atoms with Gasteiger partial charge < -0.3 is 4.42 Å². The summed E-state index contributed by atoms with van der Waals surface area (Å²) in [5.74, 6) is 6.19. The lowest BCUT2D eigenvalue weighted by molar-refractivity contribution is 0.414. The molecule has 0 aliphatic carbocycles. The molecule has 0 bridgehead atoms. The zero-order valence-electron chi connectivity index (χ0n) is 8.85. The predicted molar refractivity (Wildman–Crippen MR) is 60.7 cm³/mol. The van der Waals surface area contributed by atoms with E-state index in [-0.39, 0.29) is 6.04 Å². The fraction of sp³-hybridized carbons (Fsp3) is 0.300. The van der Waals surface area contributed by atoms with Gasteiger partial charge in [-0.3, -0.25) is 10.5 Å². The number of nitrogens with one attached hydrogen (secondary N) is 1. The van der Waals surface area contributed by atoms with E-state index in [0.717, 1.165) is 5.69 Å². The van der Waals surface area contributed by atoms with Crippen LogP contribution >= 0.6 is 11.6 Å². The molecule has 0 fully saturated rings. The van der Waals surface area contributed by atoms with Crippen molar-refractivity contribution in [3.05, 3.63) is 41.1 Å². The highest BCUT2D eigenvalue weighted by atomic mass is 35.5. The number of aromatic nitrogens is 2. The Morgan fingerprint density at radius 2 is 2.38 bits per heavy atom. The maximum absolute atomic E-state index is 5.71. The number of rotatable bonds is 4. The third-order valence-electron chi connectivity index (χ3n) is 2.32. The van der Waals surface area contributed by atoms with Crippen LogP contribution in [0.15, 0.2) is 28.8 Å². The van der Waals surface area contributed by atoms with Gasteiger partial charge in [-0.05, 0) is 29.8 Å². The molecule has 2 aromatic heterocycles. The predicted octanol–water partition coefficient (Wildman–Crippen LogP) is 1.41. The van der Waals surface area contributed by atoms with Gasteiger partial charge in [0.1, 0.15) is 5.76 Å². The standard InChI is InChI=1S/C10H13ClN4O/c1-15-5-4-7(14-15)6-8(13-12)9-2-3-10(11)16-9/h2-5,8,13H,6,12H2,1H3. The molecule has 2 heterocycles. The van der Waals surface area contributed by atoms with Gasteiger partial charge >= 0.3 is 0 Å². The summed E-state index contributed by atoms with van der Waals surface area (Å²) in [6, 6.07) is 5.31. The molecule has 0 radical (unpaired) electrons. The molecule has 0 saturated heterocycles. The second-order valence-corrected chi connectivity index (χ2v) is 3.92. The van der Waals surface area contributed by atoms with Crippen LogP contribution in [0.1, 0.15) is 17.5 Å². The van der Waals surface area contributed by atoms with Crippen molar-refractivity contribution in [1.29, 1.82) is 0 Å². The first-order valence-electron chi connectivity index (χ1n) is 4.89. The number of halogens is 1. The molecule has 2 rings (SSSR count). The topological polar surface area (TPSA) is 69.0 Å². The molecular formula is C10H13ClN4O. The quantitative estimate of drug-likeness (QED) is 0.626. The molecule has 0 aromatic carbocycles. The number of furan rings is 1. The van der Waals surface area contributed by atoms with Gasteiger partial charge in [0.2, 0.25) is 0 Å². The molecule has 3 N–H and O–H groups in total. The van der Waals surface area contributed by atoms with E-state index < -0.39 is 0 Å². The Hall–Kier alpha value is -1.30. The van der Waals surface area contributed by atoms with Gasteiger partial charge in [-0.1, -0.05) is 0 Å². The number of aryl methyl sites for hydroxylation is 1. The number of hydrogen-bond acceptors (Lipinski definition) is 4. The van der Waals surface area contributed by atoms with Gasteiger partial charge in [0.05, 0.1) is 11.7 Å². The third kappa shape index (κ3) is 2.44. The van der Waals surface area contributed by atoms with Crippen LogP contribution < -0.4 is 11.3 Å². The van der Waals surface area contributed by atoms with Gasteiger partial charge in [0.15, 0.2) is 5.22 Å². The monoisotopic (exact) mass is 240 g/mol. The van der Waals surface area contributed by atoms with E-state index in [1.807, 2.05) is 19.3 Å². The molecule has 2 aromatic rings. The first kappa shape index (κ1) is 11.2. The first-order valence-corrected chi connectivity index (χ1v) is 5.26. The average molecular weight is 241 g/mol. The zero-order chi connectivity index (χ0) is 11.5. The molecule has 86 valence electrons. The van der Waals surface area contributed by atoms with Crippen molar-refractivity contribution in [1.82, 2.24) is 15.2 Å². The minimum atomic E-state index is -0.123. The lowest BCUT2D eigenvalue weighted by Crippen LogP contribution is -2.29. The second-order valence-electron chi connectivity index (χ2n) is 3.55. The van der Waals surface area contributed by atoms with E-state index in [1.54, 1.807) is 16.8 Å². The number of hydrogen-bond donors (Lipinski definition) is 2. The molecule has 0 saturated carbocycles. The van der Waals surface area contributed by atoms with Gasteiger partial charge in [0.25, 0.3) is 0 Å². The van der Waals surface area contributed by atoms with E-state index in [2.05, 4.69) is 10.5 Å². The van der Waals surface area contributed by atoms with Crippen LogP contribution in [0, 0.1) is 0 Å². The van der Waals surface area contributed by atoms with Crippen LogP contribution in [-0.2, 0) is 13.5 Å². The van der Waals surface area contributed by atoms with Crippen LogP contribution in [0.5, 0.6) is 0 Å². The van der Waals surface area contributed by atoms with Crippen molar-refractivity contribution >= 4 is 11.6 Å². The van der Waals surface area contributed by atoms with Crippen LogP contribution in [0.3, 0.4) is 0 Å². The van der Waals surface area contributed by atoms with E-state index >= 15 is 0 Å². The fourth-order valence-electron chi connectivity index (χ4n) is 1.54. The summed E-state index contributed by atoms with van der Waals surface area (Å²) in [4.78, 5) is 0. The Kier molecular flexibility index (Phi) is 3.28. The minimum absolute atomic E-state index is 0.123. The molecule has 0 amide bonds. The van der Waals surface area contributed by atoms with Crippen LogP contribution in [-0.4, -0.2) is 9.78 Å². The second kappa shape index (κ2) is 4.69. The van der Waals surface area contributed by atoms with Crippen molar-refractivity contribution in [2.75, 3.05) is 0 Å². The van der Waals surface area contributed by atoms with Crippen LogP contribution in [0.25, 0.3) is 0 Å². The molecule has 1 atom stereocenters. The van der Waals surface area contributed by atoms with E-state index in [1.165, 1.54) is 0 Å². The van der Waals surface area contributed by atoms with Crippen molar-refractivity contribution in [3.63, 3.8) is 0 Å². The van der Waals surface area contributed by atoms with E-state index in [0.29, 0.717) is 17.4 Å². The molecule has 6 heteroatoms. The fourth-order valence-corrected chi connectivity index (χ4v) is 1.69. The Morgan fingerprint density at radius 1 is 1.56 bits per heavy atom. The average Bonchev–Trinajstić information content (AvgIpc) is 2.84. The number of hydrazine groups is 1. The summed E-state index contributed by atoms with van der Waals surface area (Å²) in [7, 11) is 1.87. The van der Waals surface area contributed by atoms with Gasteiger partial charge in [0, 0.05) is 19.7 Å². The normalized spacial score (nSPS) is 12.9. The Bertz CT molecular complexity index is 465. The van der Waals surface area contributed by atoms with Crippen molar-refractivity contribution in [2.45, 2.75) is 12.5 Å². The van der Waals surface area contributed by atoms with Crippen LogP contribution in [0.4, 0.5) is 0 Å². The smallest absolute Gasteiger partial charge is 0.193 e. The molecule has 0 spiro atoms. The SMILES string of the molecule is Cn1ccc(CC(NN)c2ccc(Cl)o2)n1. The number of nitrogens with two attached hydrogens (primary N) is 1. The summed E-state index contributed by atoms with van der Waals surface area (Å²) in [6.45, 7) is 0. The Labute approximate surface area is 98.1 Å². The summed E-state index contributed by atoms with van der Waals surface area (Å²) in [5, 5.41) is 4.63.